The van der Waals surface area contributed by atoms with E-state index in [9.17, 15) is 19.5 Å². The number of carbonyl (C=O) groups excluding carboxylic acids is 3. The summed E-state index contributed by atoms with van der Waals surface area (Å²) in [5.74, 6) is -1.23. The van der Waals surface area contributed by atoms with Crippen LogP contribution in [0.15, 0.2) is 0 Å². The van der Waals surface area contributed by atoms with Gasteiger partial charge in [-0.25, -0.2) is 0 Å². The Hall–Kier alpha value is -1.63. The standard InChI is InChI=1S/C14H23N3O4/c1-8(2)12(20)17-6-4-5-14(17)7-16(13(14)21)10(9(3)18)11(15)19/h8-10,18H,4-7H2,1-3H3,(H2,15,19)/t9-,10+,14+/m1/s1. The Bertz CT molecular complexity index is 477. The quantitative estimate of drug-likeness (QED) is 0.655. The maximum Gasteiger partial charge on any atom is 0.251 e. The van der Waals surface area contributed by atoms with Crippen molar-refractivity contribution in [2.75, 3.05) is 13.1 Å². The fourth-order valence-electron chi connectivity index (χ4n) is 3.37. The van der Waals surface area contributed by atoms with Gasteiger partial charge in [0.1, 0.15) is 11.6 Å². The van der Waals surface area contributed by atoms with Gasteiger partial charge < -0.3 is 20.6 Å². The van der Waals surface area contributed by atoms with Crippen molar-refractivity contribution in [2.45, 2.75) is 51.3 Å². The van der Waals surface area contributed by atoms with E-state index in [-0.39, 0.29) is 24.3 Å². The van der Waals surface area contributed by atoms with Crippen LogP contribution >= 0.6 is 0 Å². The molecular formula is C14H23N3O4. The fraction of sp³-hybridized carbons (Fsp3) is 0.786. The van der Waals surface area contributed by atoms with E-state index in [0.717, 1.165) is 6.42 Å². The van der Waals surface area contributed by atoms with E-state index in [4.69, 9.17) is 5.73 Å². The molecule has 118 valence electrons. The van der Waals surface area contributed by atoms with Gasteiger partial charge in [0.05, 0.1) is 12.6 Å². The van der Waals surface area contributed by atoms with Crippen LogP contribution in [0.4, 0.5) is 0 Å². The minimum Gasteiger partial charge on any atom is -0.391 e. The summed E-state index contributed by atoms with van der Waals surface area (Å²) in [6, 6.07) is -1.03. The molecule has 0 aromatic heterocycles. The molecule has 2 heterocycles. The topological polar surface area (TPSA) is 104 Å². The van der Waals surface area contributed by atoms with Crippen molar-refractivity contribution in [3.8, 4) is 0 Å². The highest BCUT2D eigenvalue weighted by molar-refractivity contribution is 6.00. The molecule has 2 aliphatic heterocycles. The van der Waals surface area contributed by atoms with E-state index in [2.05, 4.69) is 0 Å². The Balaban J connectivity index is 2.20. The smallest absolute Gasteiger partial charge is 0.251 e. The van der Waals surface area contributed by atoms with Gasteiger partial charge in [0.25, 0.3) is 5.91 Å². The lowest BCUT2D eigenvalue weighted by atomic mass is 9.83. The minimum atomic E-state index is -1.03. The van der Waals surface area contributed by atoms with Gasteiger partial charge in [-0.1, -0.05) is 13.8 Å². The summed E-state index contributed by atoms with van der Waals surface area (Å²) in [5, 5.41) is 9.66. The van der Waals surface area contributed by atoms with Crippen molar-refractivity contribution in [1.29, 1.82) is 0 Å². The number of nitrogens with two attached hydrogens (primary N) is 1. The van der Waals surface area contributed by atoms with Crippen molar-refractivity contribution < 1.29 is 19.5 Å². The average molecular weight is 297 g/mol. The number of β-lactam (4-membered cyclic amide) rings is 1. The number of carbonyl (C=O) groups is 3. The van der Waals surface area contributed by atoms with Gasteiger partial charge in [0.15, 0.2) is 0 Å². The lowest BCUT2D eigenvalue weighted by Crippen LogP contribution is -2.77. The molecule has 2 aliphatic rings. The zero-order valence-electron chi connectivity index (χ0n) is 12.7. The Morgan fingerprint density at radius 2 is 1.95 bits per heavy atom. The minimum absolute atomic E-state index is 0.0480. The van der Waals surface area contributed by atoms with E-state index in [1.165, 1.54) is 11.8 Å². The summed E-state index contributed by atoms with van der Waals surface area (Å²) in [7, 11) is 0. The van der Waals surface area contributed by atoms with Crippen LogP contribution in [0.3, 0.4) is 0 Å². The van der Waals surface area contributed by atoms with Crippen LogP contribution in [0.5, 0.6) is 0 Å². The normalized spacial score (nSPS) is 28.0. The highest BCUT2D eigenvalue weighted by atomic mass is 16.3. The second-order valence-corrected chi connectivity index (χ2v) is 6.30. The molecule has 7 heteroatoms. The molecule has 3 atom stereocenters. The van der Waals surface area contributed by atoms with Crippen LogP contribution < -0.4 is 5.73 Å². The Kier molecular flexibility index (Phi) is 3.97. The van der Waals surface area contributed by atoms with E-state index in [1.54, 1.807) is 18.7 Å². The lowest BCUT2D eigenvalue weighted by molar-refractivity contribution is -0.176. The molecule has 3 amide bonds. The van der Waals surface area contributed by atoms with Crippen molar-refractivity contribution in [3.63, 3.8) is 0 Å². The van der Waals surface area contributed by atoms with E-state index in [1.807, 2.05) is 0 Å². The molecule has 1 spiro atoms. The fourth-order valence-corrected chi connectivity index (χ4v) is 3.37. The molecule has 21 heavy (non-hydrogen) atoms. The zero-order valence-corrected chi connectivity index (χ0v) is 12.7. The van der Waals surface area contributed by atoms with Crippen LogP contribution in [-0.2, 0) is 14.4 Å². The molecular weight excluding hydrogens is 274 g/mol. The molecule has 0 aliphatic carbocycles. The maximum absolute atomic E-state index is 12.6. The van der Waals surface area contributed by atoms with E-state index >= 15 is 0 Å². The van der Waals surface area contributed by atoms with E-state index < -0.39 is 23.6 Å². The van der Waals surface area contributed by atoms with Gasteiger partial charge in [-0.2, -0.15) is 0 Å². The molecule has 0 radical (unpaired) electrons. The molecule has 0 aromatic rings. The zero-order chi connectivity index (χ0) is 15.9. The van der Waals surface area contributed by atoms with Gasteiger partial charge in [-0.3, -0.25) is 14.4 Å². The number of nitrogens with zero attached hydrogens (tertiary/aromatic N) is 2. The SMILES string of the molecule is CC(C)C(=O)N1CCC[C@@]12CN([C@H](C(N)=O)[C@@H](C)O)C2=O. The number of aliphatic hydroxyl groups is 1. The predicted molar refractivity (Wildman–Crippen MR) is 74.9 cm³/mol. The Morgan fingerprint density at radius 1 is 1.33 bits per heavy atom. The first kappa shape index (κ1) is 15.8. The maximum atomic E-state index is 12.6. The first-order valence-electron chi connectivity index (χ1n) is 7.32. The van der Waals surface area contributed by atoms with Crippen molar-refractivity contribution >= 4 is 17.7 Å². The van der Waals surface area contributed by atoms with Crippen molar-refractivity contribution in [3.05, 3.63) is 0 Å². The number of primary amides is 1. The molecule has 0 bridgehead atoms. The number of aliphatic hydroxyl groups excluding tert-OH is 1. The molecule has 2 rings (SSSR count). The number of amides is 3. The summed E-state index contributed by atoms with van der Waals surface area (Å²) in [5.41, 5.74) is 4.44. The van der Waals surface area contributed by atoms with Gasteiger partial charge in [-0.05, 0) is 19.8 Å². The van der Waals surface area contributed by atoms with Crippen LogP contribution in [0.2, 0.25) is 0 Å². The van der Waals surface area contributed by atoms with Gasteiger partial charge in [0.2, 0.25) is 11.8 Å². The largest absolute Gasteiger partial charge is 0.391 e. The average Bonchev–Trinajstić information content (AvgIpc) is 2.82. The highest BCUT2D eigenvalue weighted by Gasteiger charge is 2.62. The Morgan fingerprint density at radius 3 is 2.38 bits per heavy atom. The van der Waals surface area contributed by atoms with Gasteiger partial charge in [-0.15, -0.1) is 0 Å². The van der Waals surface area contributed by atoms with Crippen LogP contribution in [-0.4, -0.2) is 63.4 Å². The first-order valence-corrected chi connectivity index (χ1v) is 7.32. The number of hydrogen-bond acceptors (Lipinski definition) is 4. The van der Waals surface area contributed by atoms with Crippen molar-refractivity contribution in [1.82, 2.24) is 9.80 Å². The van der Waals surface area contributed by atoms with Crippen LogP contribution in [0.1, 0.15) is 33.6 Å². The van der Waals surface area contributed by atoms with Crippen LogP contribution in [0, 0.1) is 5.92 Å². The third kappa shape index (κ3) is 2.29. The Labute approximate surface area is 124 Å². The van der Waals surface area contributed by atoms with Gasteiger partial charge >= 0.3 is 0 Å². The molecule has 2 saturated heterocycles. The van der Waals surface area contributed by atoms with Crippen molar-refractivity contribution in [2.24, 2.45) is 11.7 Å². The molecule has 0 aromatic carbocycles. The second-order valence-electron chi connectivity index (χ2n) is 6.30. The van der Waals surface area contributed by atoms with E-state index in [0.29, 0.717) is 13.0 Å². The first-order chi connectivity index (χ1) is 9.72. The summed E-state index contributed by atoms with van der Waals surface area (Å²) >= 11 is 0. The van der Waals surface area contributed by atoms with Crippen LogP contribution in [0.25, 0.3) is 0 Å². The highest BCUT2D eigenvalue weighted by Crippen LogP contribution is 2.41. The lowest BCUT2D eigenvalue weighted by Gasteiger charge is -2.53. The number of hydrogen-bond donors (Lipinski definition) is 2. The molecule has 7 nitrogen and oxygen atoms in total. The number of rotatable bonds is 4. The molecule has 0 unspecified atom stereocenters. The third-order valence-corrected chi connectivity index (χ3v) is 4.42. The number of likely N-dealkylation sites (tertiary alicyclic amines) is 2. The molecule has 2 fully saturated rings. The second kappa shape index (κ2) is 5.29. The summed E-state index contributed by atoms with van der Waals surface area (Å²) < 4.78 is 0. The molecule has 0 saturated carbocycles. The monoisotopic (exact) mass is 297 g/mol. The summed E-state index contributed by atoms with van der Waals surface area (Å²) in [6.45, 7) is 5.86. The van der Waals surface area contributed by atoms with Gasteiger partial charge in [0, 0.05) is 12.5 Å². The molecule has 3 N–H and O–H groups in total. The third-order valence-electron chi connectivity index (χ3n) is 4.42. The summed E-state index contributed by atoms with van der Waals surface area (Å²) in [6.07, 6.45) is 0.347. The summed E-state index contributed by atoms with van der Waals surface area (Å²) in [4.78, 5) is 39.2. The predicted octanol–water partition coefficient (Wildman–Crippen LogP) is -0.919.